The first-order valence-electron chi connectivity index (χ1n) is 12.9. The highest BCUT2D eigenvalue weighted by molar-refractivity contribution is 5.30. The van der Waals surface area contributed by atoms with Gasteiger partial charge in [0, 0.05) is 32.6 Å². The molecule has 6 heteroatoms. The molecule has 1 fully saturated rings. The van der Waals surface area contributed by atoms with Gasteiger partial charge in [-0.1, -0.05) is 25.5 Å². The third-order valence-corrected chi connectivity index (χ3v) is 6.24. The number of ether oxygens (including phenoxy) is 1. The Bertz CT molecular complexity index is 715. The van der Waals surface area contributed by atoms with Crippen molar-refractivity contribution in [3.05, 3.63) is 54.1 Å². The van der Waals surface area contributed by atoms with Crippen molar-refractivity contribution in [1.29, 1.82) is 0 Å². The minimum atomic E-state index is 0.350. The van der Waals surface area contributed by atoms with Gasteiger partial charge >= 0.3 is 0 Å². The van der Waals surface area contributed by atoms with Crippen LogP contribution in [0.15, 0.2) is 47.9 Å². The van der Waals surface area contributed by atoms with Crippen LogP contribution in [0.2, 0.25) is 0 Å². The molecule has 1 aromatic rings. The van der Waals surface area contributed by atoms with E-state index < -0.39 is 0 Å². The smallest absolute Gasteiger partial charge is 0.118 e. The van der Waals surface area contributed by atoms with Gasteiger partial charge < -0.3 is 14.5 Å². The summed E-state index contributed by atoms with van der Waals surface area (Å²) < 4.78 is 5.20. The molecule has 0 spiro atoms. The zero-order valence-electron chi connectivity index (χ0n) is 22.5. The number of pyridine rings is 1. The minimum Gasteiger partial charge on any atom is -0.364 e. The monoisotopic (exact) mass is 471 g/mol. The lowest BCUT2D eigenvalue weighted by molar-refractivity contribution is 0.0981. The number of piperidine rings is 1. The number of aliphatic imine (C=N–C) groups is 1. The van der Waals surface area contributed by atoms with Crippen LogP contribution in [0, 0.1) is 0 Å². The van der Waals surface area contributed by atoms with Crippen LogP contribution in [-0.2, 0) is 11.2 Å². The molecule has 1 aliphatic heterocycles. The topological polar surface area (TPSA) is 44.2 Å². The molecule has 6 nitrogen and oxygen atoms in total. The Kier molecular flexibility index (Phi) is 16.2. The van der Waals surface area contributed by atoms with E-state index in [1.807, 2.05) is 25.4 Å². The van der Waals surface area contributed by atoms with E-state index in [9.17, 15) is 0 Å². The summed E-state index contributed by atoms with van der Waals surface area (Å²) in [7, 11) is 3.84. The van der Waals surface area contributed by atoms with Gasteiger partial charge in [-0.3, -0.25) is 14.9 Å². The van der Waals surface area contributed by atoms with E-state index in [4.69, 9.17) is 4.74 Å². The molecular weight excluding hydrogens is 422 g/mol. The van der Waals surface area contributed by atoms with Crippen molar-refractivity contribution in [2.45, 2.75) is 65.3 Å². The predicted molar refractivity (Wildman–Crippen MR) is 146 cm³/mol. The summed E-state index contributed by atoms with van der Waals surface area (Å²) in [5, 5.41) is 0. The first-order valence-corrected chi connectivity index (χ1v) is 12.9. The third-order valence-electron chi connectivity index (χ3n) is 6.24. The molecule has 0 amide bonds. The van der Waals surface area contributed by atoms with Crippen LogP contribution >= 0.6 is 0 Å². The van der Waals surface area contributed by atoms with Gasteiger partial charge in [0.25, 0.3) is 0 Å². The molecule has 0 N–H and O–H groups in total. The van der Waals surface area contributed by atoms with Gasteiger partial charge in [0.15, 0.2) is 0 Å². The largest absolute Gasteiger partial charge is 0.364 e. The SMILES string of the molecule is C=CC.C=N/C(=C\N(CC)COC)CN(C)[C@H]1CCCc2cccnc21.CCN1CCCCC1. The predicted octanol–water partition coefficient (Wildman–Crippen LogP) is 5.54. The number of likely N-dealkylation sites (tertiary alicyclic amines) is 1. The van der Waals surface area contributed by atoms with E-state index in [0.717, 1.165) is 31.6 Å². The molecule has 0 bridgehead atoms. The van der Waals surface area contributed by atoms with Gasteiger partial charge in [0.1, 0.15) is 6.73 Å². The second-order valence-electron chi connectivity index (χ2n) is 8.88. The Balaban J connectivity index is 0.000000434. The van der Waals surface area contributed by atoms with Gasteiger partial charge in [0.05, 0.1) is 17.4 Å². The molecule has 34 heavy (non-hydrogen) atoms. The molecule has 192 valence electrons. The van der Waals surface area contributed by atoms with Crippen molar-refractivity contribution in [1.82, 2.24) is 19.7 Å². The van der Waals surface area contributed by atoms with E-state index in [0.29, 0.717) is 12.8 Å². The molecule has 0 radical (unpaired) electrons. The molecular formula is C28H49N5O. The maximum atomic E-state index is 5.20. The number of aryl methyl sites for hydroxylation is 1. The first kappa shape index (κ1) is 30.0. The zero-order chi connectivity index (χ0) is 25.2. The number of nitrogens with zero attached hydrogens (tertiary/aromatic N) is 5. The number of fused-ring (bicyclic) bond motifs is 1. The lowest BCUT2D eigenvalue weighted by Gasteiger charge is -2.32. The number of hydrogen-bond acceptors (Lipinski definition) is 6. The number of likely N-dealkylation sites (N-methyl/N-ethyl adjacent to an activating group) is 1. The fourth-order valence-corrected chi connectivity index (χ4v) is 4.38. The molecule has 0 saturated carbocycles. The summed E-state index contributed by atoms with van der Waals surface area (Å²) in [5.41, 5.74) is 3.55. The summed E-state index contributed by atoms with van der Waals surface area (Å²) in [4.78, 5) is 15.8. The Morgan fingerprint density at radius 1 is 1.26 bits per heavy atom. The van der Waals surface area contributed by atoms with Crippen LogP contribution in [0.1, 0.15) is 70.2 Å². The van der Waals surface area contributed by atoms with Crippen LogP contribution in [0.25, 0.3) is 0 Å². The normalized spacial score (nSPS) is 18.1. The van der Waals surface area contributed by atoms with E-state index >= 15 is 0 Å². The molecule has 1 atom stereocenters. The summed E-state index contributed by atoms with van der Waals surface area (Å²) >= 11 is 0. The average Bonchev–Trinajstić information content (AvgIpc) is 2.88. The first-order chi connectivity index (χ1) is 16.5. The number of aromatic nitrogens is 1. The second-order valence-corrected chi connectivity index (χ2v) is 8.88. The Hall–Kier alpha value is -2.02. The van der Waals surface area contributed by atoms with Gasteiger partial charge in [-0.05, 0) is 91.0 Å². The van der Waals surface area contributed by atoms with Gasteiger partial charge in [0.2, 0.25) is 0 Å². The maximum absolute atomic E-state index is 5.20. The van der Waals surface area contributed by atoms with Gasteiger partial charge in [-0.25, -0.2) is 0 Å². The van der Waals surface area contributed by atoms with Crippen molar-refractivity contribution >= 4 is 6.72 Å². The highest BCUT2D eigenvalue weighted by Crippen LogP contribution is 2.32. The lowest BCUT2D eigenvalue weighted by Crippen LogP contribution is -2.31. The summed E-state index contributed by atoms with van der Waals surface area (Å²) in [5.74, 6) is 0. The Morgan fingerprint density at radius 2 is 1.97 bits per heavy atom. The van der Waals surface area contributed by atoms with Crippen LogP contribution < -0.4 is 0 Å². The Morgan fingerprint density at radius 3 is 2.53 bits per heavy atom. The summed E-state index contributed by atoms with van der Waals surface area (Å²) in [6.45, 7) is 19.4. The van der Waals surface area contributed by atoms with E-state index in [-0.39, 0.29) is 0 Å². The lowest BCUT2D eigenvalue weighted by atomic mass is 9.91. The van der Waals surface area contributed by atoms with E-state index in [1.54, 1.807) is 13.2 Å². The Labute approximate surface area is 209 Å². The van der Waals surface area contributed by atoms with Crippen molar-refractivity contribution in [3.8, 4) is 0 Å². The molecule has 2 aliphatic rings. The molecule has 1 saturated heterocycles. The van der Waals surface area contributed by atoms with Gasteiger partial charge in [-0.2, -0.15) is 0 Å². The van der Waals surface area contributed by atoms with Crippen molar-refractivity contribution in [3.63, 3.8) is 0 Å². The van der Waals surface area contributed by atoms with Crippen LogP contribution in [0.5, 0.6) is 0 Å². The molecule has 1 aliphatic carbocycles. The fourth-order valence-electron chi connectivity index (χ4n) is 4.38. The summed E-state index contributed by atoms with van der Waals surface area (Å²) in [6.07, 6.45) is 13.5. The number of methoxy groups -OCH3 is 1. The molecule has 1 aromatic heterocycles. The molecule has 0 aromatic carbocycles. The number of rotatable bonds is 9. The van der Waals surface area contributed by atoms with Crippen molar-refractivity contribution in [2.24, 2.45) is 4.99 Å². The van der Waals surface area contributed by atoms with Crippen molar-refractivity contribution in [2.75, 3.05) is 53.6 Å². The molecule has 0 unspecified atom stereocenters. The quantitative estimate of drug-likeness (QED) is 0.269. The average molecular weight is 472 g/mol. The molecule has 3 rings (SSSR count). The van der Waals surface area contributed by atoms with Gasteiger partial charge in [-0.15, -0.1) is 6.58 Å². The van der Waals surface area contributed by atoms with E-state index in [2.05, 4.69) is 64.9 Å². The van der Waals surface area contributed by atoms with Crippen LogP contribution in [0.4, 0.5) is 0 Å². The zero-order valence-corrected chi connectivity index (χ0v) is 22.5. The highest BCUT2D eigenvalue weighted by Gasteiger charge is 2.25. The third kappa shape index (κ3) is 10.9. The minimum absolute atomic E-state index is 0.350. The number of allylic oxidation sites excluding steroid dienone is 1. The standard InChI is InChI=1S/C18H28N4O.C7H15N.C3H6/c1-5-22(14-23-4)13-16(19-2)12-21(3)17-10-6-8-15-9-7-11-20-18(15)17;1-2-8-6-4-3-5-7-8;1-3-2/h7,9,11,13,17H,2,5-6,8,10,12,14H2,1,3-4H3;2-7H2,1H3;3H,1H2,2H3/b16-13-;;/t17-;;/m0../s1. The van der Waals surface area contributed by atoms with E-state index in [1.165, 1.54) is 56.6 Å². The summed E-state index contributed by atoms with van der Waals surface area (Å²) in [6, 6.07) is 4.58. The number of hydrogen-bond donors (Lipinski definition) is 0. The molecule has 2 heterocycles. The maximum Gasteiger partial charge on any atom is 0.118 e. The van der Waals surface area contributed by atoms with Crippen LogP contribution in [-0.4, -0.2) is 80.0 Å². The highest BCUT2D eigenvalue weighted by atomic mass is 16.5. The fraction of sp³-hybridized carbons (Fsp3) is 0.643. The second kappa shape index (κ2) is 18.3. The van der Waals surface area contributed by atoms with Crippen LogP contribution in [0.3, 0.4) is 0 Å². The van der Waals surface area contributed by atoms with Crippen molar-refractivity contribution < 1.29 is 4.74 Å².